The van der Waals surface area contributed by atoms with Crippen LogP contribution < -0.4 is 11.3 Å². The summed E-state index contributed by atoms with van der Waals surface area (Å²) in [5.74, 6) is 7.47. The molecular formula is C14H23N5O. The minimum atomic E-state index is 0.202. The van der Waals surface area contributed by atoms with E-state index in [-0.39, 0.29) is 5.91 Å². The molecule has 1 aliphatic heterocycles. The summed E-state index contributed by atoms with van der Waals surface area (Å²) in [5.41, 5.74) is 3.37. The zero-order valence-corrected chi connectivity index (χ0v) is 12.2. The second-order valence-corrected chi connectivity index (χ2v) is 5.37. The summed E-state index contributed by atoms with van der Waals surface area (Å²) in [6.07, 6.45) is 3.84. The third-order valence-corrected chi connectivity index (χ3v) is 3.88. The molecule has 2 heterocycles. The fraction of sp³-hybridized carbons (Fsp3) is 0.643. The smallest absolute Gasteiger partial charge is 0.222 e. The first-order valence-electron chi connectivity index (χ1n) is 7.21. The van der Waals surface area contributed by atoms with Gasteiger partial charge in [-0.05, 0) is 25.7 Å². The lowest BCUT2D eigenvalue weighted by molar-refractivity contribution is -0.131. The lowest BCUT2D eigenvalue weighted by Gasteiger charge is -2.20. The predicted octanol–water partition coefficient (Wildman–Crippen LogP) is 1.61. The summed E-state index contributed by atoms with van der Waals surface area (Å²) in [6.45, 7) is 5.34. The number of carbonyl (C=O) groups is 1. The molecule has 1 aliphatic rings. The van der Waals surface area contributed by atoms with Crippen molar-refractivity contribution in [1.82, 2.24) is 14.9 Å². The van der Waals surface area contributed by atoms with Crippen molar-refractivity contribution in [1.29, 1.82) is 0 Å². The maximum Gasteiger partial charge on any atom is 0.222 e. The molecule has 0 aliphatic carbocycles. The Hall–Kier alpha value is -1.69. The number of anilines is 1. The Bertz CT molecular complexity index is 477. The van der Waals surface area contributed by atoms with Crippen molar-refractivity contribution in [2.75, 3.05) is 12.0 Å². The molecule has 6 nitrogen and oxygen atoms in total. The van der Waals surface area contributed by atoms with Gasteiger partial charge in [-0.1, -0.05) is 13.3 Å². The SMILES string of the molecule is CCC1CCC(=O)N(Cc2nc(C)cc(NN)n2)CC1. The summed E-state index contributed by atoms with van der Waals surface area (Å²) >= 11 is 0. The molecule has 1 saturated heterocycles. The van der Waals surface area contributed by atoms with Gasteiger partial charge in [0.15, 0.2) is 0 Å². The predicted molar refractivity (Wildman–Crippen MR) is 77.6 cm³/mol. The molecule has 110 valence electrons. The van der Waals surface area contributed by atoms with Gasteiger partial charge in [-0.3, -0.25) is 4.79 Å². The molecule has 2 rings (SSSR count). The number of carbonyl (C=O) groups excluding carboxylic acids is 1. The second kappa shape index (κ2) is 6.65. The van der Waals surface area contributed by atoms with Gasteiger partial charge in [0.05, 0.1) is 6.54 Å². The number of likely N-dealkylation sites (tertiary alicyclic amines) is 1. The van der Waals surface area contributed by atoms with E-state index in [9.17, 15) is 4.79 Å². The van der Waals surface area contributed by atoms with Crippen LogP contribution in [0.1, 0.15) is 44.1 Å². The van der Waals surface area contributed by atoms with Gasteiger partial charge in [0.1, 0.15) is 11.6 Å². The fourth-order valence-electron chi connectivity index (χ4n) is 2.61. The van der Waals surface area contributed by atoms with Crippen LogP contribution >= 0.6 is 0 Å². The van der Waals surface area contributed by atoms with Crippen molar-refractivity contribution in [2.24, 2.45) is 11.8 Å². The van der Waals surface area contributed by atoms with Crippen molar-refractivity contribution in [3.63, 3.8) is 0 Å². The Kier molecular flexibility index (Phi) is 4.89. The van der Waals surface area contributed by atoms with Crippen molar-refractivity contribution in [3.8, 4) is 0 Å². The maximum absolute atomic E-state index is 12.1. The van der Waals surface area contributed by atoms with E-state index in [1.54, 1.807) is 6.07 Å². The monoisotopic (exact) mass is 277 g/mol. The van der Waals surface area contributed by atoms with Gasteiger partial charge in [0.2, 0.25) is 5.91 Å². The highest BCUT2D eigenvalue weighted by Gasteiger charge is 2.22. The number of nitrogens with two attached hydrogens (primary N) is 1. The molecule has 0 radical (unpaired) electrons. The molecule has 0 bridgehead atoms. The van der Waals surface area contributed by atoms with Crippen LogP contribution in [0.25, 0.3) is 0 Å². The van der Waals surface area contributed by atoms with Crippen molar-refractivity contribution in [2.45, 2.75) is 46.1 Å². The highest BCUT2D eigenvalue weighted by atomic mass is 16.2. The normalized spacial score (nSPS) is 19.9. The lowest BCUT2D eigenvalue weighted by Crippen LogP contribution is -2.30. The topological polar surface area (TPSA) is 84.1 Å². The number of hydrogen-bond donors (Lipinski definition) is 2. The molecule has 0 spiro atoms. The molecular weight excluding hydrogens is 254 g/mol. The zero-order valence-electron chi connectivity index (χ0n) is 12.2. The summed E-state index contributed by atoms with van der Waals surface area (Å²) < 4.78 is 0. The number of hydrogen-bond acceptors (Lipinski definition) is 5. The van der Waals surface area contributed by atoms with E-state index in [0.29, 0.717) is 30.5 Å². The summed E-state index contributed by atoms with van der Waals surface area (Å²) in [7, 11) is 0. The van der Waals surface area contributed by atoms with Crippen molar-refractivity contribution >= 4 is 11.7 Å². The number of nitrogens with one attached hydrogen (secondary N) is 1. The highest BCUT2D eigenvalue weighted by Crippen LogP contribution is 2.22. The van der Waals surface area contributed by atoms with Crippen LogP contribution in [-0.4, -0.2) is 27.3 Å². The minimum absolute atomic E-state index is 0.202. The maximum atomic E-state index is 12.1. The molecule has 1 fully saturated rings. The van der Waals surface area contributed by atoms with Crippen LogP contribution in [0.4, 0.5) is 5.82 Å². The van der Waals surface area contributed by atoms with Gasteiger partial charge in [-0.25, -0.2) is 15.8 Å². The van der Waals surface area contributed by atoms with Gasteiger partial charge in [0, 0.05) is 24.7 Å². The molecule has 0 saturated carbocycles. The second-order valence-electron chi connectivity index (χ2n) is 5.37. The molecule has 1 atom stereocenters. The minimum Gasteiger partial charge on any atom is -0.335 e. The van der Waals surface area contributed by atoms with E-state index in [1.807, 2.05) is 11.8 Å². The molecule has 1 unspecified atom stereocenters. The van der Waals surface area contributed by atoms with E-state index in [0.717, 1.165) is 31.5 Å². The third kappa shape index (κ3) is 3.66. The van der Waals surface area contributed by atoms with Gasteiger partial charge in [-0.2, -0.15) is 0 Å². The first kappa shape index (κ1) is 14.7. The van der Waals surface area contributed by atoms with Gasteiger partial charge in [-0.15, -0.1) is 0 Å². The zero-order chi connectivity index (χ0) is 14.5. The average molecular weight is 277 g/mol. The number of aromatic nitrogens is 2. The average Bonchev–Trinajstić information content (AvgIpc) is 2.61. The third-order valence-electron chi connectivity index (χ3n) is 3.88. The molecule has 0 aromatic carbocycles. The number of amides is 1. The van der Waals surface area contributed by atoms with Crippen LogP contribution in [0.3, 0.4) is 0 Å². The van der Waals surface area contributed by atoms with E-state index in [2.05, 4.69) is 22.3 Å². The number of rotatable bonds is 4. The van der Waals surface area contributed by atoms with Crippen LogP contribution in [-0.2, 0) is 11.3 Å². The van der Waals surface area contributed by atoms with Crippen molar-refractivity contribution < 1.29 is 4.79 Å². The summed E-state index contributed by atoms with van der Waals surface area (Å²) in [6, 6.07) is 1.78. The molecule has 1 aromatic heterocycles. The molecule has 6 heteroatoms. The van der Waals surface area contributed by atoms with Crippen molar-refractivity contribution in [3.05, 3.63) is 17.6 Å². The van der Waals surface area contributed by atoms with Crippen LogP contribution in [0.5, 0.6) is 0 Å². The van der Waals surface area contributed by atoms with Gasteiger partial charge < -0.3 is 10.3 Å². The molecule has 1 aromatic rings. The Morgan fingerprint density at radius 2 is 2.25 bits per heavy atom. The van der Waals surface area contributed by atoms with Gasteiger partial charge in [0.25, 0.3) is 0 Å². The molecule has 1 amide bonds. The largest absolute Gasteiger partial charge is 0.335 e. The van der Waals surface area contributed by atoms with E-state index < -0.39 is 0 Å². The lowest BCUT2D eigenvalue weighted by atomic mass is 9.98. The Morgan fingerprint density at radius 1 is 1.45 bits per heavy atom. The summed E-state index contributed by atoms with van der Waals surface area (Å²) in [5, 5.41) is 0. The van der Waals surface area contributed by atoms with Crippen LogP contribution in [0, 0.1) is 12.8 Å². The standard InChI is InChI=1S/C14H23N5O/c1-3-11-4-5-14(20)19(7-6-11)9-13-16-10(2)8-12(17-13)18-15/h8,11H,3-7,9,15H2,1-2H3,(H,16,17,18). The first-order valence-corrected chi connectivity index (χ1v) is 7.21. The first-order chi connectivity index (χ1) is 9.62. The van der Waals surface area contributed by atoms with Crippen LogP contribution in [0.15, 0.2) is 6.07 Å². The fourth-order valence-corrected chi connectivity index (χ4v) is 2.61. The van der Waals surface area contributed by atoms with E-state index in [4.69, 9.17) is 5.84 Å². The Balaban J connectivity index is 2.08. The van der Waals surface area contributed by atoms with Crippen LogP contribution in [0.2, 0.25) is 0 Å². The molecule has 20 heavy (non-hydrogen) atoms. The van der Waals surface area contributed by atoms with Gasteiger partial charge >= 0.3 is 0 Å². The molecule has 3 N–H and O–H groups in total. The quantitative estimate of drug-likeness (QED) is 0.645. The highest BCUT2D eigenvalue weighted by molar-refractivity contribution is 5.76. The summed E-state index contributed by atoms with van der Waals surface area (Å²) in [4.78, 5) is 22.7. The Labute approximate surface area is 119 Å². The number of aryl methyl sites for hydroxylation is 1. The number of hydrazine groups is 1. The van der Waals surface area contributed by atoms with E-state index >= 15 is 0 Å². The van der Waals surface area contributed by atoms with E-state index in [1.165, 1.54) is 0 Å². The number of nitrogens with zero attached hydrogens (tertiary/aromatic N) is 3. The Morgan fingerprint density at radius 3 is 2.95 bits per heavy atom. The number of nitrogen functional groups attached to an aromatic ring is 1.